The van der Waals surface area contributed by atoms with Crippen LogP contribution in [0, 0.1) is 11.3 Å². The molecule has 0 aliphatic carbocycles. The highest BCUT2D eigenvalue weighted by Crippen LogP contribution is 2.09. The average molecular weight is 318 g/mol. The fraction of sp³-hybridized carbons (Fsp3) is 0.471. The number of nitrogens with one attached hydrogen (secondary N) is 1. The molecule has 0 unspecified atom stereocenters. The zero-order valence-electron chi connectivity index (χ0n) is 13.7. The molecule has 0 bridgehead atoms. The molecule has 124 valence electrons. The van der Waals surface area contributed by atoms with Crippen molar-refractivity contribution < 1.29 is 19.1 Å². The number of alkyl carbamates (subject to hydrolysis) is 1. The first-order valence-electron chi connectivity index (χ1n) is 7.39. The molecule has 0 aliphatic heterocycles. The van der Waals surface area contributed by atoms with Gasteiger partial charge in [-0.3, -0.25) is 0 Å². The summed E-state index contributed by atoms with van der Waals surface area (Å²) in [6, 6.07) is 10.3. The van der Waals surface area contributed by atoms with Crippen LogP contribution in [0.3, 0.4) is 0 Å². The molecule has 0 aromatic heterocycles. The van der Waals surface area contributed by atoms with E-state index in [0.29, 0.717) is 0 Å². The molecule has 0 radical (unpaired) electrons. The quantitative estimate of drug-likeness (QED) is 0.815. The number of carbonyl (C=O) groups is 2. The Morgan fingerprint density at radius 1 is 1.26 bits per heavy atom. The van der Waals surface area contributed by atoms with Gasteiger partial charge >= 0.3 is 12.1 Å². The second kappa shape index (κ2) is 8.79. The van der Waals surface area contributed by atoms with E-state index in [1.807, 2.05) is 36.4 Å². The molecule has 0 saturated carbocycles. The van der Waals surface area contributed by atoms with Crippen LogP contribution in [0.4, 0.5) is 4.79 Å². The molecule has 1 atom stereocenters. The summed E-state index contributed by atoms with van der Waals surface area (Å²) in [6.07, 6.45) is -0.415. The predicted octanol–water partition coefficient (Wildman–Crippen LogP) is 2.93. The minimum atomic E-state index is -0.909. The molecule has 1 amide bonds. The summed E-state index contributed by atoms with van der Waals surface area (Å²) in [6.45, 7) is 5.29. The maximum Gasteiger partial charge on any atom is 0.408 e. The van der Waals surface area contributed by atoms with E-state index in [2.05, 4.69) is 5.32 Å². The van der Waals surface area contributed by atoms with E-state index in [1.165, 1.54) is 0 Å². The van der Waals surface area contributed by atoms with E-state index in [-0.39, 0.29) is 19.4 Å². The van der Waals surface area contributed by atoms with Gasteiger partial charge in [-0.15, -0.1) is 0 Å². The van der Waals surface area contributed by atoms with E-state index < -0.39 is 23.7 Å². The number of benzene rings is 1. The SMILES string of the molecule is CC(C)(C)OC(=O)N[C@@H](CCC#N)C(=O)OCc1ccccc1. The van der Waals surface area contributed by atoms with Crippen LogP contribution in [0.15, 0.2) is 30.3 Å². The zero-order chi connectivity index (χ0) is 17.3. The maximum atomic E-state index is 12.1. The van der Waals surface area contributed by atoms with Crippen molar-refractivity contribution in [3.8, 4) is 6.07 Å². The number of hydrogen-bond acceptors (Lipinski definition) is 5. The van der Waals surface area contributed by atoms with Crippen LogP contribution in [-0.2, 0) is 20.9 Å². The minimum absolute atomic E-state index is 0.110. The molecule has 0 spiro atoms. The van der Waals surface area contributed by atoms with Crippen molar-refractivity contribution in [3.63, 3.8) is 0 Å². The molecule has 0 saturated heterocycles. The van der Waals surface area contributed by atoms with E-state index in [9.17, 15) is 9.59 Å². The third kappa shape index (κ3) is 7.86. The number of rotatable bonds is 6. The largest absolute Gasteiger partial charge is 0.459 e. The summed E-state index contributed by atoms with van der Waals surface area (Å²) in [5.74, 6) is -0.588. The Kier molecular flexibility index (Phi) is 7.07. The number of hydrogen-bond donors (Lipinski definition) is 1. The molecule has 0 heterocycles. The van der Waals surface area contributed by atoms with Gasteiger partial charge in [0.15, 0.2) is 0 Å². The standard InChI is InChI=1S/C17H22N2O4/c1-17(2,3)23-16(21)19-14(10-7-11-18)15(20)22-12-13-8-5-4-6-9-13/h4-6,8-9,14H,7,10,12H2,1-3H3,(H,19,21)/t14-/m0/s1. The lowest BCUT2D eigenvalue weighted by Gasteiger charge is -2.22. The molecule has 6 nitrogen and oxygen atoms in total. The van der Waals surface area contributed by atoms with Crippen molar-refractivity contribution in [3.05, 3.63) is 35.9 Å². The number of nitriles is 1. The first kappa shape index (κ1) is 18.5. The predicted molar refractivity (Wildman–Crippen MR) is 84.2 cm³/mol. The lowest BCUT2D eigenvalue weighted by Crippen LogP contribution is -2.44. The van der Waals surface area contributed by atoms with E-state index in [4.69, 9.17) is 14.7 Å². The average Bonchev–Trinajstić information content (AvgIpc) is 2.48. The normalized spacial score (nSPS) is 11.9. The van der Waals surface area contributed by atoms with Crippen LogP contribution in [0.2, 0.25) is 0 Å². The number of ether oxygens (including phenoxy) is 2. The first-order chi connectivity index (χ1) is 10.8. The number of carbonyl (C=O) groups excluding carboxylic acids is 2. The Balaban J connectivity index is 2.59. The monoisotopic (exact) mass is 318 g/mol. The molecule has 1 aromatic carbocycles. The molecule has 1 aromatic rings. The van der Waals surface area contributed by atoms with Crippen LogP contribution in [0.25, 0.3) is 0 Å². The third-order valence-corrected chi connectivity index (χ3v) is 2.74. The molecular weight excluding hydrogens is 296 g/mol. The summed E-state index contributed by atoms with van der Waals surface area (Å²) in [5.41, 5.74) is 0.176. The van der Waals surface area contributed by atoms with Crippen LogP contribution >= 0.6 is 0 Å². The number of nitrogens with zero attached hydrogens (tertiary/aromatic N) is 1. The lowest BCUT2D eigenvalue weighted by atomic mass is 10.1. The molecular formula is C17H22N2O4. The molecule has 6 heteroatoms. The van der Waals surface area contributed by atoms with Gasteiger partial charge in [0.05, 0.1) is 6.07 Å². The van der Waals surface area contributed by atoms with Gasteiger partial charge in [-0.05, 0) is 32.8 Å². The topological polar surface area (TPSA) is 88.4 Å². The molecule has 0 fully saturated rings. The van der Waals surface area contributed by atoms with E-state index >= 15 is 0 Å². The summed E-state index contributed by atoms with van der Waals surface area (Å²) >= 11 is 0. The lowest BCUT2D eigenvalue weighted by molar-refractivity contribution is -0.147. The Hall–Kier alpha value is -2.55. The fourth-order valence-corrected chi connectivity index (χ4v) is 1.74. The highest BCUT2D eigenvalue weighted by atomic mass is 16.6. The van der Waals surface area contributed by atoms with Crippen LogP contribution < -0.4 is 5.32 Å². The zero-order valence-corrected chi connectivity index (χ0v) is 13.7. The molecule has 1 N–H and O–H groups in total. The second-order valence-corrected chi connectivity index (χ2v) is 5.99. The highest BCUT2D eigenvalue weighted by Gasteiger charge is 2.25. The summed E-state index contributed by atoms with van der Waals surface area (Å²) in [7, 11) is 0. The molecule has 0 aliphatic rings. The second-order valence-electron chi connectivity index (χ2n) is 5.99. The molecule has 1 rings (SSSR count). The maximum absolute atomic E-state index is 12.1. The van der Waals surface area contributed by atoms with Gasteiger partial charge < -0.3 is 14.8 Å². The highest BCUT2D eigenvalue weighted by molar-refractivity contribution is 5.81. The third-order valence-electron chi connectivity index (χ3n) is 2.74. The van der Waals surface area contributed by atoms with E-state index in [1.54, 1.807) is 20.8 Å². The van der Waals surface area contributed by atoms with Crippen LogP contribution in [0.5, 0.6) is 0 Å². The van der Waals surface area contributed by atoms with Crippen molar-refractivity contribution in [2.45, 2.75) is 51.9 Å². The number of amides is 1. The summed E-state index contributed by atoms with van der Waals surface area (Å²) in [4.78, 5) is 23.9. The van der Waals surface area contributed by atoms with E-state index in [0.717, 1.165) is 5.56 Å². The Morgan fingerprint density at radius 2 is 1.91 bits per heavy atom. The number of esters is 1. The minimum Gasteiger partial charge on any atom is -0.459 e. The summed E-state index contributed by atoms with van der Waals surface area (Å²) in [5, 5.41) is 11.1. The van der Waals surface area contributed by atoms with Gasteiger partial charge in [-0.1, -0.05) is 30.3 Å². The Morgan fingerprint density at radius 3 is 2.48 bits per heavy atom. The van der Waals surface area contributed by atoms with Gasteiger partial charge in [0.25, 0.3) is 0 Å². The Labute approximate surface area is 136 Å². The van der Waals surface area contributed by atoms with Gasteiger partial charge in [0.1, 0.15) is 18.2 Å². The molecule has 23 heavy (non-hydrogen) atoms. The van der Waals surface area contributed by atoms with Crippen molar-refractivity contribution in [1.29, 1.82) is 5.26 Å². The fourth-order valence-electron chi connectivity index (χ4n) is 1.74. The Bertz CT molecular complexity index is 558. The van der Waals surface area contributed by atoms with Gasteiger partial charge in [0.2, 0.25) is 0 Å². The summed E-state index contributed by atoms with van der Waals surface area (Å²) < 4.78 is 10.3. The smallest absolute Gasteiger partial charge is 0.408 e. The van der Waals surface area contributed by atoms with Crippen molar-refractivity contribution in [2.75, 3.05) is 0 Å². The van der Waals surface area contributed by atoms with Gasteiger partial charge in [0, 0.05) is 6.42 Å². The van der Waals surface area contributed by atoms with Crippen LogP contribution in [-0.4, -0.2) is 23.7 Å². The van der Waals surface area contributed by atoms with Crippen LogP contribution in [0.1, 0.15) is 39.2 Å². The first-order valence-corrected chi connectivity index (χ1v) is 7.39. The van der Waals surface area contributed by atoms with Gasteiger partial charge in [-0.2, -0.15) is 5.26 Å². The van der Waals surface area contributed by atoms with Crippen molar-refractivity contribution in [1.82, 2.24) is 5.32 Å². The van der Waals surface area contributed by atoms with Crippen molar-refractivity contribution >= 4 is 12.1 Å². The van der Waals surface area contributed by atoms with Crippen molar-refractivity contribution in [2.24, 2.45) is 0 Å². The van der Waals surface area contributed by atoms with Gasteiger partial charge in [-0.25, -0.2) is 9.59 Å².